The molecule has 0 bridgehead atoms. The zero-order chi connectivity index (χ0) is 27.6. The summed E-state index contributed by atoms with van der Waals surface area (Å²) in [6, 6.07) is 9.21. The number of fused-ring (bicyclic) bond motifs is 4. The maximum absolute atomic E-state index is 14.2. The molecule has 0 saturated carbocycles. The number of Topliss-reactive ketones (excluding diaryl/α,β-unsaturated/α-hetero) is 1. The highest BCUT2D eigenvalue weighted by molar-refractivity contribution is 6.30. The minimum atomic E-state index is -1.90. The van der Waals surface area contributed by atoms with E-state index in [0.717, 1.165) is 22.3 Å². The number of aryl methyl sites for hydroxylation is 1. The molecular formula is C29H32ClNO7. The average Bonchev–Trinajstić information content (AvgIpc) is 3.21. The molecular weight excluding hydrogens is 510 g/mol. The Morgan fingerprint density at radius 2 is 1.89 bits per heavy atom. The van der Waals surface area contributed by atoms with Crippen LogP contribution in [0.25, 0.3) is 11.1 Å². The van der Waals surface area contributed by atoms with Gasteiger partial charge >= 0.3 is 5.97 Å². The fraction of sp³-hybridized carbons (Fsp3) is 0.483. The van der Waals surface area contributed by atoms with E-state index in [-0.39, 0.29) is 44.3 Å². The summed E-state index contributed by atoms with van der Waals surface area (Å²) < 4.78 is 10.4. The van der Waals surface area contributed by atoms with Gasteiger partial charge in [-0.3, -0.25) is 9.28 Å². The normalized spacial score (nSPS) is 28.2. The van der Waals surface area contributed by atoms with Crippen molar-refractivity contribution in [1.82, 2.24) is 0 Å². The van der Waals surface area contributed by atoms with Gasteiger partial charge in [-0.05, 0) is 80.6 Å². The number of quaternary nitrogens is 1. The smallest absolute Gasteiger partial charge is 0.367 e. The van der Waals surface area contributed by atoms with Crippen molar-refractivity contribution >= 4 is 29.4 Å². The van der Waals surface area contributed by atoms with Gasteiger partial charge in [0, 0.05) is 35.6 Å². The number of nitrogens with zero attached hydrogens (tertiary/aromatic N) is 1. The van der Waals surface area contributed by atoms with Gasteiger partial charge in [0.25, 0.3) is 6.09 Å². The molecule has 1 aliphatic carbocycles. The predicted molar refractivity (Wildman–Crippen MR) is 138 cm³/mol. The van der Waals surface area contributed by atoms with Crippen molar-refractivity contribution in [1.29, 1.82) is 0 Å². The number of aliphatic carboxylic acids is 1. The van der Waals surface area contributed by atoms with Gasteiger partial charge in [-0.1, -0.05) is 11.6 Å². The lowest BCUT2D eigenvalue weighted by Gasteiger charge is -2.56. The van der Waals surface area contributed by atoms with E-state index in [1.54, 1.807) is 39.0 Å². The van der Waals surface area contributed by atoms with Gasteiger partial charge in [0.15, 0.2) is 5.78 Å². The Hall–Kier alpha value is -2.94. The maximum Gasteiger partial charge on any atom is 0.367 e. The molecule has 2 aromatic rings. The van der Waals surface area contributed by atoms with Crippen LogP contribution in [0.2, 0.25) is 5.02 Å². The zero-order valence-corrected chi connectivity index (χ0v) is 22.8. The number of ether oxygens (including phenoxy) is 2. The topological polar surface area (TPSA) is 113 Å². The molecule has 1 fully saturated rings. The van der Waals surface area contributed by atoms with Crippen LogP contribution in [-0.4, -0.2) is 58.8 Å². The largest absolute Gasteiger partial charge is 0.498 e. The second kappa shape index (κ2) is 9.07. The number of carbonyl (C=O) groups is 3. The highest BCUT2D eigenvalue weighted by Gasteiger charge is 2.73. The SMILES string of the molecule is COCC1C[C@@](C(=O)O)(C2CCc3cc4c(cc3C2=O)COc2cc(Cl)ccc2-4)[N+](C(=O)[O-])(C(C)(C)C)C1. The predicted octanol–water partition coefficient (Wildman–Crippen LogP) is 4.09. The number of methoxy groups -OCH3 is 1. The first-order valence-electron chi connectivity index (χ1n) is 12.8. The van der Waals surface area contributed by atoms with Crippen LogP contribution in [-0.2, 0) is 22.6 Å². The van der Waals surface area contributed by atoms with Gasteiger partial charge in [0.2, 0.25) is 5.54 Å². The molecule has 3 aliphatic rings. The highest BCUT2D eigenvalue weighted by atomic mass is 35.5. The number of likely N-dealkylation sites (tertiary alicyclic amines) is 1. The number of rotatable bonds is 4. The molecule has 2 aliphatic heterocycles. The number of amides is 1. The number of ketones is 1. The standard InChI is InChI=1S/C29H32ClNO7/c1-28(2,3)31(27(35)36)13-16(14-37-4)12-29(31,26(33)34)23-8-5-17-9-21-18(10-22(17)25(23)32)15-38-24-11-19(30)6-7-20(21)24/h6-7,9-11,16,23H,5,8,12-15H2,1-4H3,(H-,33,34,35,36)/t16?,23?,29-,31?/m0/s1. The molecule has 1 saturated heterocycles. The molecule has 9 heteroatoms. The summed E-state index contributed by atoms with van der Waals surface area (Å²) in [7, 11) is 1.50. The van der Waals surface area contributed by atoms with Gasteiger partial charge in [0.1, 0.15) is 12.4 Å². The van der Waals surface area contributed by atoms with Crippen molar-refractivity contribution in [2.75, 3.05) is 20.3 Å². The summed E-state index contributed by atoms with van der Waals surface area (Å²) >= 11 is 6.13. The lowest BCUT2D eigenvalue weighted by molar-refractivity contribution is -0.949. The first-order chi connectivity index (χ1) is 17.9. The van der Waals surface area contributed by atoms with Crippen LogP contribution in [0.15, 0.2) is 30.3 Å². The lowest BCUT2D eigenvalue weighted by atomic mass is 9.67. The zero-order valence-electron chi connectivity index (χ0n) is 22.0. The van der Waals surface area contributed by atoms with E-state index in [1.807, 2.05) is 12.1 Å². The van der Waals surface area contributed by atoms with Crippen LogP contribution >= 0.6 is 11.6 Å². The quantitative estimate of drug-likeness (QED) is 0.580. The van der Waals surface area contributed by atoms with E-state index in [0.29, 0.717) is 22.8 Å². The average molecular weight is 542 g/mol. The van der Waals surface area contributed by atoms with E-state index < -0.39 is 33.5 Å². The van der Waals surface area contributed by atoms with E-state index >= 15 is 0 Å². The Morgan fingerprint density at radius 3 is 2.53 bits per heavy atom. The Labute approximate surface area is 226 Å². The first-order valence-corrected chi connectivity index (χ1v) is 13.2. The molecule has 0 radical (unpaired) electrons. The highest BCUT2D eigenvalue weighted by Crippen LogP contribution is 2.54. The summed E-state index contributed by atoms with van der Waals surface area (Å²) in [5, 5.41) is 24.4. The minimum Gasteiger partial charge on any atom is -0.498 e. The van der Waals surface area contributed by atoms with Crippen molar-refractivity contribution < 1.29 is 38.6 Å². The Morgan fingerprint density at radius 1 is 1.18 bits per heavy atom. The molecule has 0 aromatic heterocycles. The van der Waals surface area contributed by atoms with Crippen molar-refractivity contribution in [2.45, 2.75) is 57.7 Å². The van der Waals surface area contributed by atoms with Crippen LogP contribution < -0.4 is 9.84 Å². The molecule has 202 valence electrons. The third-order valence-electron chi connectivity index (χ3n) is 8.85. The molecule has 1 N–H and O–H groups in total. The Balaban J connectivity index is 1.64. The molecule has 2 aromatic carbocycles. The monoisotopic (exact) mass is 541 g/mol. The van der Waals surface area contributed by atoms with Crippen LogP contribution in [0.1, 0.15) is 55.1 Å². The summed E-state index contributed by atoms with van der Waals surface area (Å²) in [6.07, 6.45) is -0.797. The van der Waals surface area contributed by atoms with Gasteiger partial charge in [0.05, 0.1) is 24.6 Å². The third kappa shape index (κ3) is 3.61. The van der Waals surface area contributed by atoms with Crippen molar-refractivity contribution in [3.8, 4) is 16.9 Å². The Bertz CT molecular complexity index is 1350. The van der Waals surface area contributed by atoms with Crippen molar-refractivity contribution in [2.24, 2.45) is 11.8 Å². The van der Waals surface area contributed by atoms with E-state index in [2.05, 4.69) is 0 Å². The van der Waals surface area contributed by atoms with Crippen molar-refractivity contribution in [3.05, 3.63) is 52.0 Å². The molecule has 3 unspecified atom stereocenters. The van der Waals surface area contributed by atoms with E-state index in [1.165, 1.54) is 7.11 Å². The summed E-state index contributed by atoms with van der Waals surface area (Å²) in [6.45, 7) is 5.57. The van der Waals surface area contributed by atoms with Crippen LogP contribution in [0.5, 0.6) is 5.75 Å². The van der Waals surface area contributed by atoms with Crippen LogP contribution in [0, 0.1) is 11.8 Å². The number of halogens is 1. The number of benzene rings is 2. The van der Waals surface area contributed by atoms with E-state index in [9.17, 15) is 24.6 Å². The summed E-state index contributed by atoms with van der Waals surface area (Å²) in [5.41, 5.74) is 0.964. The minimum absolute atomic E-state index is 0.00928. The number of carboxylic acid groups (broad SMARTS) is 2. The first kappa shape index (κ1) is 26.7. The molecule has 5 rings (SSSR count). The molecule has 38 heavy (non-hydrogen) atoms. The second-order valence-electron chi connectivity index (χ2n) is 11.7. The van der Waals surface area contributed by atoms with Gasteiger partial charge < -0.3 is 24.5 Å². The Kier molecular flexibility index (Phi) is 6.36. The summed E-state index contributed by atoms with van der Waals surface area (Å²) in [5.74, 6) is -2.36. The molecule has 0 spiro atoms. The molecule has 1 amide bonds. The molecule has 2 heterocycles. The lowest BCUT2D eigenvalue weighted by Crippen LogP contribution is -2.80. The van der Waals surface area contributed by atoms with Gasteiger partial charge in [-0.15, -0.1) is 0 Å². The third-order valence-corrected chi connectivity index (χ3v) is 9.08. The maximum atomic E-state index is 14.2. The van der Waals surface area contributed by atoms with E-state index in [4.69, 9.17) is 21.1 Å². The number of hydrogen-bond donors (Lipinski definition) is 1. The van der Waals surface area contributed by atoms with Gasteiger partial charge in [-0.2, -0.15) is 0 Å². The number of carbonyl (C=O) groups excluding carboxylic acids is 2. The van der Waals surface area contributed by atoms with Crippen LogP contribution in [0.4, 0.5) is 4.79 Å². The van der Waals surface area contributed by atoms with Gasteiger partial charge in [-0.25, -0.2) is 4.79 Å². The molecule has 4 atom stereocenters. The second-order valence-corrected chi connectivity index (χ2v) is 12.2. The fourth-order valence-corrected chi connectivity index (χ4v) is 7.48. The molecule has 8 nitrogen and oxygen atoms in total. The van der Waals surface area contributed by atoms with Crippen LogP contribution in [0.3, 0.4) is 0 Å². The number of hydrogen-bond acceptors (Lipinski definition) is 6. The fourth-order valence-electron chi connectivity index (χ4n) is 7.31. The summed E-state index contributed by atoms with van der Waals surface area (Å²) in [4.78, 5) is 40.5. The number of carboxylic acids is 1. The van der Waals surface area contributed by atoms with Crippen molar-refractivity contribution in [3.63, 3.8) is 0 Å².